The second-order valence-electron chi connectivity index (χ2n) is 4.17. The maximum atomic E-state index is 12.7. The van der Waals surface area contributed by atoms with Gasteiger partial charge in [0.1, 0.15) is 11.6 Å². The number of hydrogen-bond acceptors (Lipinski definition) is 2. The zero-order chi connectivity index (χ0) is 13.8. The summed E-state index contributed by atoms with van der Waals surface area (Å²) in [7, 11) is 0. The van der Waals surface area contributed by atoms with Crippen LogP contribution in [0, 0.1) is 12.7 Å². The van der Waals surface area contributed by atoms with Gasteiger partial charge in [-0.15, -0.1) is 0 Å². The minimum Gasteiger partial charge on any atom is -0.310 e. The molecule has 0 aliphatic heterocycles. The largest absolute Gasteiger partial charge is 0.310 e. The molecule has 2 aromatic rings. The van der Waals surface area contributed by atoms with Crippen LogP contribution in [0.4, 0.5) is 10.2 Å². The first-order chi connectivity index (χ1) is 9.04. The second kappa shape index (κ2) is 5.93. The molecule has 1 aromatic carbocycles. The Morgan fingerprint density at radius 1 is 1.37 bits per heavy atom. The van der Waals surface area contributed by atoms with E-state index >= 15 is 0 Å². The van der Waals surface area contributed by atoms with Crippen LogP contribution in [0.1, 0.15) is 11.1 Å². The van der Waals surface area contributed by atoms with Crippen LogP contribution in [0.15, 0.2) is 41.0 Å². The molecule has 3 nitrogen and oxygen atoms in total. The van der Waals surface area contributed by atoms with Gasteiger partial charge >= 0.3 is 0 Å². The van der Waals surface area contributed by atoms with Crippen LogP contribution in [0.25, 0.3) is 0 Å². The number of carbonyl (C=O) groups is 1. The van der Waals surface area contributed by atoms with Gasteiger partial charge in [-0.25, -0.2) is 9.37 Å². The Kier molecular flexibility index (Phi) is 4.27. The molecule has 0 fully saturated rings. The third-order valence-corrected chi connectivity index (χ3v) is 3.01. The average Bonchev–Trinajstić information content (AvgIpc) is 2.36. The Hall–Kier alpha value is -1.75. The molecule has 1 amide bonds. The molecule has 0 saturated carbocycles. The normalized spacial score (nSPS) is 10.3. The number of anilines is 1. The number of hydrogen-bond donors (Lipinski definition) is 1. The van der Waals surface area contributed by atoms with E-state index in [0.717, 1.165) is 15.6 Å². The summed E-state index contributed by atoms with van der Waals surface area (Å²) in [5.74, 6) is 0.0504. The number of halogens is 2. The maximum Gasteiger partial charge on any atom is 0.229 e. The molecule has 0 unspecified atom stereocenters. The zero-order valence-electron chi connectivity index (χ0n) is 10.3. The van der Waals surface area contributed by atoms with Crippen LogP contribution < -0.4 is 5.32 Å². The highest BCUT2D eigenvalue weighted by molar-refractivity contribution is 9.10. The molecule has 0 bridgehead atoms. The van der Waals surface area contributed by atoms with Crippen LogP contribution in [0.3, 0.4) is 0 Å². The lowest BCUT2D eigenvalue weighted by Crippen LogP contribution is -2.16. The highest BCUT2D eigenvalue weighted by Gasteiger charge is 2.07. The molecule has 98 valence electrons. The van der Waals surface area contributed by atoms with Crippen molar-refractivity contribution in [2.24, 2.45) is 0 Å². The van der Waals surface area contributed by atoms with Gasteiger partial charge in [0.25, 0.3) is 0 Å². The lowest BCUT2D eigenvalue weighted by Gasteiger charge is -2.07. The molecule has 0 atom stereocenters. The van der Waals surface area contributed by atoms with Crippen LogP contribution >= 0.6 is 15.9 Å². The van der Waals surface area contributed by atoms with Crippen molar-refractivity contribution in [3.8, 4) is 0 Å². The van der Waals surface area contributed by atoms with E-state index in [2.05, 4.69) is 26.2 Å². The number of nitrogens with one attached hydrogen (secondary N) is 1. The molecule has 5 heteroatoms. The fourth-order valence-electron chi connectivity index (χ4n) is 1.64. The van der Waals surface area contributed by atoms with Gasteiger partial charge in [0.15, 0.2) is 0 Å². The van der Waals surface area contributed by atoms with Gasteiger partial charge in [0.2, 0.25) is 5.91 Å². The first kappa shape index (κ1) is 13.7. The van der Waals surface area contributed by atoms with Crippen molar-refractivity contribution >= 4 is 27.7 Å². The average molecular weight is 323 g/mol. The number of benzene rings is 1. The molecule has 0 aliphatic rings. The van der Waals surface area contributed by atoms with Crippen molar-refractivity contribution in [2.45, 2.75) is 13.3 Å². The zero-order valence-corrected chi connectivity index (χ0v) is 11.9. The summed E-state index contributed by atoms with van der Waals surface area (Å²) in [5, 5.41) is 2.74. The van der Waals surface area contributed by atoms with E-state index in [9.17, 15) is 9.18 Å². The van der Waals surface area contributed by atoms with Gasteiger partial charge in [-0.2, -0.15) is 0 Å². The van der Waals surface area contributed by atoms with Crippen molar-refractivity contribution in [1.82, 2.24) is 4.98 Å². The van der Waals surface area contributed by atoms with Gasteiger partial charge in [-0.3, -0.25) is 4.79 Å². The number of rotatable bonds is 3. The van der Waals surface area contributed by atoms with Crippen molar-refractivity contribution in [1.29, 1.82) is 0 Å². The van der Waals surface area contributed by atoms with Gasteiger partial charge in [-0.1, -0.05) is 12.1 Å². The number of carbonyl (C=O) groups excluding carboxylic acids is 1. The number of aromatic nitrogens is 1. The van der Waals surface area contributed by atoms with Crippen LogP contribution in [0.5, 0.6) is 0 Å². The van der Waals surface area contributed by atoms with E-state index in [1.54, 1.807) is 18.3 Å². The molecule has 0 radical (unpaired) electrons. The summed E-state index contributed by atoms with van der Waals surface area (Å²) < 4.78 is 13.6. The smallest absolute Gasteiger partial charge is 0.229 e. The number of amides is 1. The molecule has 0 spiro atoms. The van der Waals surface area contributed by atoms with E-state index in [1.807, 2.05) is 13.0 Å². The van der Waals surface area contributed by atoms with Gasteiger partial charge in [-0.05, 0) is 52.2 Å². The number of aryl methyl sites for hydroxylation is 1. The lowest BCUT2D eigenvalue weighted by atomic mass is 10.1. The predicted octanol–water partition coefficient (Wildman–Crippen LogP) is 3.47. The van der Waals surface area contributed by atoms with E-state index in [1.165, 1.54) is 12.1 Å². The quantitative estimate of drug-likeness (QED) is 0.940. The first-order valence-electron chi connectivity index (χ1n) is 5.71. The maximum absolute atomic E-state index is 12.7. The Labute approximate surface area is 119 Å². The standard InChI is InChI=1S/C14H12BrFN2O/c1-9-6-11(15)8-17-14(9)18-13(19)7-10-2-4-12(16)5-3-10/h2-6,8H,7H2,1H3,(H,17,18,19). The van der Waals surface area contributed by atoms with Gasteiger partial charge in [0, 0.05) is 10.7 Å². The third-order valence-electron chi connectivity index (χ3n) is 2.58. The summed E-state index contributed by atoms with van der Waals surface area (Å²) in [6.07, 6.45) is 1.82. The molecule has 0 saturated heterocycles. The number of pyridine rings is 1. The van der Waals surface area contributed by atoms with Crippen molar-refractivity contribution < 1.29 is 9.18 Å². The molecular weight excluding hydrogens is 311 g/mol. The Morgan fingerprint density at radius 2 is 2.05 bits per heavy atom. The fraction of sp³-hybridized carbons (Fsp3) is 0.143. The molecule has 1 heterocycles. The van der Waals surface area contributed by atoms with Gasteiger partial charge < -0.3 is 5.32 Å². The predicted molar refractivity (Wildman–Crippen MR) is 75.4 cm³/mol. The Balaban J connectivity index is 2.03. The summed E-state index contributed by atoms with van der Waals surface area (Å²) >= 11 is 3.31. The minimum atomic E-state index is -0.311. The van der Waals surface area contributed by atoms with E-state index in [4.69, 9.17) is 0 Å². The van der Waals surface area contributed by atoms with E-state index in [-0.39, 0.29) is 18.1 Å². The molecule has 2 rings (SSSR count). The third kappa shape index (κ3) is 3.86. The SMILES string of the molecule is Cc1cc(Br)cnc1NC(=O)Cc1ccc(F)cc1. The summed E-state index contributed by atoms with van der Waals surface area (Å²) in [6.45, 7) is 1.87. The summed E-state index contributed by atoms with van der Waals surface area (Å²) in [5.41, 5.74) is 1.63. The monoisotopic (exact) mass is 322 g/mol. The molecule has 19 heavy (non-hydrogen) atoms. The van der Waals surface area contributed by atoms with E-state index in [0.29, 0.717) is 5.82 Å². The van der Waals surface area contributed by atoms with Crippen LogP contribution in [-0.4, -0.2) is 10.9 Å². The summed E-state index contributed by atoms with van der Waals surface area (Å²) in [6, 6.07) is 7.74. The summed E-state index contributed by atoms with van der Waals surface area (Å²) in [4.78, 5) is 16.0. The first-order valence-corrected chi connectivity index (χ1v) is 6.50. The molecule has 1 aromatic heterocycles. The Bertz CT molecular complexity index is 599. The van der Waals surface area contributed by atoms with Crippen molar-refractivity contribution in [2.75, 3.05) is 5.32 Å². The number of nitrogens with zero attached hydrogens (tertiary/aromatic N) is 1. The Morgan fingerprint density at radius 3 is 2.68 bits per heavy atom. The highest BCUT2D eigenvalue weighted by atomic mass is 79.9. The van der Waals surface area contributed by atoms with Crippen molar-refractivity contribution in [3.05, 3.63) is 57.9 Å². The molecular formula is C14H12BrFN2O. The topological polar surface area (TPSA) is 42.0 Å². The van der Waals surface area contributed by atoms with Crippen LogP contribution in [0.2, 0.25) is 0 Å². The van der Waals surface area contributed by atoms with Crippen molar-refractivity contribution in [3.63, 3.8) is 0 Å². The van der Waals surface area contributed by atoms with Gasteiger partial charge in [0.05, 0.1) is 6.42 Å². The highest BCUT2D eigenvalue weighted by Crippen LogP contribution is 2.17. The van der Waals surface area contributed by atoms with Crippen LogP contribution in [-0.2, 0) is 11.2 Å². The van der Waals surface area contributed by atoms with E-state index < -0.39 is 0 Å². The fourth-order valence-corrected chi connectivity index (χ4v) is 2.08. The molecule has 1 N–H and O–H groups in total. The second-order valence-corrected chi connectivity index (χ2v) is 5.09. The molecule has 0 aliphatic carbocycles. The lowest BCUT2D eigenvalue weighted by molar-refractivity contribution is -0.115. The minimum absolute atomic E-state index is 0.176.